The summed E-state index contributed by atoms with van der Waals surface area (Å²) in [7, 11) is 0. The van der Waals surface area contributed by atoms with E-state index >= 15 is 0 Å². The molecule has 1 amide bonds. The molecular formula is C20H24N2O. The van der Waals surface area contributed by atoms with Crippen LogP contribution >= 0.6 is 0 Å². The molecule has 0 saturated heterocycles. The van der Waals surface area contributed by atoms with Gasteiger partial charge in [-0.1, -0.05) is 68.5 Å². The highest BCUT2D eigenvalue weighted by Gasteiger charge is 2.24. The molecule has 0 aliphatic heterocycles. The van der Waals surface area contributed by atoms with Crippen molar-refractivity contribution in [1.29, 1.82) is 0 Å². The van der Waals surface area contributed by atoms with Crippen molar-refractivity contribution in [3.05, 3.63) is 84.4 Å². The van der Waals surface area contributed by atoms with E-state index in [1.165, 1.54) is 5.56 Å². The third kappa shape index (κ3) is 4.54. The molecule has 23 heavy (non-hydrogen) atoms. The van der Waals surface area contributed by atoms with Crippen LogP contribution < -0.4 is 10.9 Å². The number of amides is 1. The molecular weight excluding hydrogens is 284 g/mol. The summed E-state index contributed by atoms with van der Waals surface area (Å²) in [6.07, 6.45) is 1.93. The Kier molecular flexibility index (Phi) is 6.12. The first kappa shape index (κ1) is 17.0. The Balaban J connectivity index is 2.09. The largest absolute Gasteiger partial charge is 0.287 e. The third-order valence-electron chi connectivity index (χ3n) is 3.93. The molecule has 0 aromatic heterocycles. The molecule has 0 radical (unpaired) electrons. The Labute approximate surface area is 138 Å². The van der Waals surface area contributed by atoms with E-state index in [-0.39, 0.29) is 17.9 Å². The van der Waals surface area contributed by atoms with Gasteiger partial charge in [-0.2, -0.15) is 0 Å². The molecule has 3 nitrogen and oxygen atoms in total. The summed E-state index contributed by atoms with van der Waals surface area (Å²) in [4.78, 5) is 12.2. The Morgan fingerprint density at radius 1 is 1.00 bits per heavy atom. The van der Waals surface area contributed by atoms with Crippen LogP contribution in [0, 0.1) is 5.92 Å². The highest BCUT2D eigenvalue weighted by molar-refractivity contribution is 5.93. The van der Waals surface area contributed by atoms with Gasteiger partial charge in [-0.15, -0.1) is 6.58 Å². The number of hydrogen-bond acceptors (Lipinski definition) is 2. The lowest BCUT2D eigenvalue weighted by atomic mass is 9.85. The number of carbonyl (C=O) groups excluding carboxylic acids is 1. The van der Waals surface area contributed by atoms with Gasteiger partial charge in [0.25, 0.3) is 5.91 Å². The molecule has 120 valence electrons. The van der Waals surface area contributed by atoms with Crippen molar-refractivity contribution in [2.45, 2.75) is 25.8 Å². The molecule has 0 unspecified atom stereocenters. The normalized spacial score (nSPS) is 13.3. The molecule has 2 rings (SSSR count). The van der Waals surface area contributed by atoms with Crippen LogP contribution in [0.25, 0.3) is 0 Å². The second-order valence-corrected chi connectivity index (χ2v) is 5.91. The van der Waals surface area contributed by atoms with E-state index in [2.05, 4.69) is 43.4 Å². The molecule has 0 spiro atoms. The maximum atomic E-state index is 12.2. The molecule has 0 aliphatic carbocycles. The predicted molar refractivity (Wildman–Crippen MR) is 95.0 cm³/mol. The van der Waals surface area contributed by atoms with Gasteiger partial charge in [0.05, 0.1) is 0 Å². The second-order valence-electron chi connectivity index (χ2n) is 5.91. The van der Waals surface area contributed by atoms with Crippen LogP contribution in [0.2, 0.25) is 0 Å². The van der Waals surface area contributed by atoms with E-state index in [0.29, 0.717) is 11.5 Å². The Morgan fingerprint density at radius 3 is 2.09 bits per heavy atom. The highest BCUT2D eigenvalue weighted by Crippen LogP contribution is 2.25. The fourth-order valence-electron chi connectivity index (χ4n) is 2.65. The van der Waals surface area contributed by atoms with Crippen LogP contribution in [0.5, 0.6) is 0 Å². The van der Waals surface area contributed by atoms with Crippen LogP contribution in [-0.2, 0) is 0 Å². The summed E-state index contributed by atoms with van der Waals surface area (Å²) >= 11 is 0. The Morgan fingerprint density at radius 2 is 1.57 bits per heavy atom. The van der Waals surface area contributed by atoms with Gasteiger partial charge in [0, 0.05) is 17.5 Å². The Hall–Kier alpha value is -2.39. The van der Waals surface area contributed by atoms with E-state index in [1.54, 1.807) is 12.1 Å². The number of hydrazine groups is 1. The maximum Gasteiger partial charge on any atom is 0.265 e. The molecule has 0 fully saturated rings. The molecule has 0 saturated carbocycles. The number of hydrogen-bond donors (Lipinski definition) is 2. The van der Waals surface area contributed by atoms with E-state index in [1.807, 2.05) is 42.5 Å². The third-order valence-corrected chi connectivity index (χ3v) is 3.93. The van der Waals surface area contributed by atoms with Crippen LogP contribution in [0.3, 0.4) is 0 Å². The number of nitrogens with one attached hydrogen (secondary N) is 2. The number of carbonyl (C=O) groups is 1. The van der Waals surface area contributed by atoms with Crippen molar-refractivity contribution in [3.63, 3.8) is 0 Å². The first-order valence-corrected chi connectivity index (χ1v) is 7.92. The molecule has 2 aromatic carbocycles. The molecule has 2 atom stereocenters. The minimum Gasteiger partial charge on any atom is -0.287 e. The lowest BCUT2D eigenvalue weighted by Gasteiger charge is -2.29. The van der Waals surface area contributed by atoms with Gasteiger partial charge in [0.15, 0.2) is 0 Å². The van der Waals surface area contributed by atoms with Crippen LogP contribution in [0.15, 0.2) is 73.3 Å². The lowest BCUT2D eigenvalue weighted by molar-refractivity contribution is 0.0917. The summed E-state index contributed by atoms with van der Waals surface area (Å²) < 4.78 is 0. The molecule has 2 N–H and O–H groups in total. The van der Waals surface area contributed by atoms with E-state index in [0.717, 1.165) is 0 Å². The van der Waals surface area contributed by atoms with Gasteiger partial charge in [-0.25, -0.2) is 5.43 Å². The molecule has 3 heteroatoms. The van der Waals surface area contributed by atoms with Gasteiger partial charge in [0.2, 0.25) is 0 Å². The SMILES string of the molecule is C=C[C@@H](c1ccccc1)[C@H](NNC(=O)c1ccccc1)C(C)C. The summed E-state index contributed by atoms with van der Waals surface area (Å²) in [5.74, 6) is 0.314. The van der Waals surface area contributed by atoms with Crippen LogP contribution in [0.4, 0.5) is 0 Å². The highest BCUT2D eigenvalue weighted by atomic mass is 16.2. The van der Waals surface area contributed by atoms with Gasteiger partial charge in [0.1, 0.15) is 0 Å². The fraction of sp³-hybridized carbons (Fsp3) is 0.250. The summed E-state index contributed by atoms with van der Waals surface area (Å²) in [6.45, 7) is 8.23. The van der Waals surface area contributed by atoms with Crippen molar-refractivity contribution in [2.24, 2.45) is 5.92 Å². The zero-order valence-corrected chi connectivity index (χ0v) is 13.7. The minimum atomic E-state index is -0.132. The number of benzene rings is 2. The van der Waals surface area contributed by atoms with Crippen molar-refractivity contribution in [1.82, 2.24) is 10.9 Å². The van der Waals surface area contributed by atoms with Crippen molar-refractivity contribution >= 4 is 5.91 Å². The van der Waals surface area contributed by atoms with Crippen molar-refractivity contribution in [3.8, 4) is 0 Å². The molecule has 0 heterocycles. The molecule has 0 bridgehead atoms. The van der Waals surface area contributed by atoms with Crippen molar-refractivity contribution < 1.29 is 4.79 Å². The van der Waals surface area contributed by atoms with E-state index in [9.17, 15) is 4.79 Å². The average molecular weight is 308 g/mol. The second kappa shape index (κ2) is 8.30. The zero-order chi connectivity index (χ0) is 16.7. The summed E-state index contributed by atoms with van der Waals surface area (Å²) in [5.41, 5.74) is 7.84. The molecule has 0 aliphatic rings. The lowest BCUT2D eigenvalue weighted by Crippen LogP contribution is -2.49. The van der Waals surface area contributed by atoms with Gasteiger partial charge >= 0.3 is 0 Å². The predicted octanol–water partition coefficient (Wildman–Crippen LogP) is 3.92. The zero-order valence-electron chi connectivity index (χ0n) is 13.7. The van der Waals surface area contributed by atoms with Crippen molar-refractivity contribution in [2.75, 3.05) is 0 Å². The average Bonchev–Trinajstić information content (AvgIpc) is 2.59. The van der Waals surface area contributed by atoms with Gasteiger partial charge in [-0.05, 0) is 23.6 Å². The topological polar surface area (TPSA) is 41.1 Å². The van der Waals surface area contributed by atoms with Gasteiger partial charge in [-0.3, -0.25) is 10.2 Å². The monoisotopic (exact) mass is 308 g/mol. The molecule has 2 aromatic rings. The Bertz CT molecular complexity index is 623. The van der Waals surface area contributed by atoms with Crippen LogP contribution in [0.1, 0.15) is 35.7 Å². The summed E-state index contributed by atoms with van der Waals surface area (Å²) in [5, 5.41) is 0. The standard InChI is InChI=1S/C20H24N2O/c1-4-18(16-11-7-5-8-12-16)19(15(2)3)21-22-20(23)17-13-9-6-10-14-17/h4-15,18-19,21H,1H2,2-3H3,(H,22,23)/t18-,19+/m0/s1. The number of rotatable bonds is 7. The van der Waals surface area contributed by atoms with Gasteiger partial charge < -0.3 is 0 Å². The smallest absolute Gasteiger partial charge is 0.265 e. The van der Waals surface area contributed by atoms with E-state index in [4.69, 9.17) is 0 Å². The fourth-order valence-corrected chi connectivity index (χ4v) is 2.65. The quantitative estimate of drug-likeness (QED) is 0.601. The minimum absolute atomic E-state index is 0.0579. The van der Waals surface area contributed by atoms with E-state index < -0.39 is 0 Å². The first-order chi connectivity index (χ1) is 11.1. The summed E-state index contributed by atoms with van der Waals surface area (Å²) in [6, 6.07) is 19.5. The van der Waals surface area contributed by atoms with Crippen LogP contribution in [-0.4, -0.2) is 11.9 Å². The maximum absolute atomic E-state index is 12.2. The first-order valence-electron chi connectivity index (χ1n) is 7.92.